The number of rotatable bonds is 4. The minimum Gasteiger partial charge on any atom is -0.471 e. The lowest BCUT2D eigenvalue weighted by Crippen LogP contribution is -2.46. The van der Waals surface area contributed by atoms with Gasteiger partial charge in [-0.2, -0.15) is 5.10 Å². The van der Waals surface area contributed by atoms with Crippen LogP contribution in [0.25, 0.3) is 22.3 Å². The Morgan fingerprint density at radius 3 is 2.81 bits per heavy atom. The van der Waals surface area contributed by atoms with Crippen molar-refractivity contribution in [3.63, 3.8) is 0 Å². The van der Waals surface area contributed by atoms with Crippen molar-refractivity contribution in [2.24, 2.45) is 0 Å². The minimum atomic E-state index is -0.533. The summed E-state index contributed by atoms with van der Waals surface area (Å²) in [6.07, 6.45) is 7.49. The predicted molar refractivity (Wildman–Crippen MR) is 139 cm³/mol. The molecule has 4 heterocycles. The highest BCUT2D eigenvalue weighted by atomic mass is 79.9. The SMILES string of the molecule is CC(C)(C)OC(=O)N1CCCC(Oc2cncc(-c3nn(C4CCCCO4)c4ccc(Br)cc34)n2)C1. The molecule has 0 saturated carbocycles. The summed E-state index contributed by atoms with van der Waals surface area (Å²) in [6, 6.07) is 6.11. The van der Waals surface area contributed by atoms with Gasteiger partial charge in [-0.1, -0.05) is 15.9 Å². The van der Waals surface area contributed by atoms with Crippen molar-refractivity contribution in [2.45, 2.75) is 70.8 Å². The maximum absolute atomic E-state index is 12.5. The number of carbonyl (C=O) groups is 1. The molecule has 10 heteroatoms. The van der Waals surface area contributed by atoms with Gasteiger partial charge in [-0.15, -0.1) is 0 Å². The van der Waals surface area contributed by atoms with Gasteiger partial charge in [-0.05, 0) is 71.1 Å². The summed E-state index contributed by atoms with van der Waals surface area (Å²) >= 11 is 3.59. The molecule has 0 aliphatic carbocycles. The van der Waals surface area contributed by atoms with Crippen LogP contribution in [0.4, 0.5) is 4.79 Å². The van der Waals surface area contributed by atoms with Gasteiger partial charge in [0.1, 0.15) is 23.1 Å². The third kappa shape index (κ3) is 5.64. The molecule has 2 fully saturated rings. The number of aromatic nitrogens is 4. The van der Waals surface area contributed by atoms with Crippen molar-refractivity contribution in [1.29, 1.82) is 0 Å². The molecule has 2 aromatic heterocycles. The lowest BCUT2D eigenvalue weighted by molar-refractivity contribution is -0.0365. The Morgan fingerprint density at radius 2 is 2.03 bits per heavy atom. The number of hydrogen-bond donors (Lipinski definition) is 0. The largest absolute Gasteiger partial charge is 0.471 e. The Balaban J connectivity index is 1.38. The van der Waals surface area contributed by atoms with Crippen LogP contribution >= 0.6 is 15.9 Å². The molecule has 2 aliphatic rings. The van der Waals surface area contributed by atoms with E-state index in [4.69, 9.17) is 24.3 Å². The smallest absolute Gasteiger partial charge is 0.410 e. The predicted octanol–water partition coefficient (Wildman–Crippen LogP) is 5.73. The van der Waals surface area contributed by atoms with E-state index in [1.807, 2.05) is 37.6 Å². The fourth-order valence-corrected chi connectivity index (χ4v) is 5.02. The van der Waals surface area contributed by atoms with Crippen LogP contribution in [0.3, 0.4) is 0 Å². The third-order valence-electron chi connectivity index (χ3n) is 6.27. The standard InChI is InChI=1S/C26H32BrN5O4/c1-26(2,3)36-25(33)31-11-6-7-18(16-31)35-22-15-28-14-20(29-22)24-19-13-17(27)9-10-21(19)32(30-24)23-8-4-5-12-34-23/h9-10,13-15,18,23H,4-8,11-12,16H2,1-3H3. The van der Waals surface area contributed by atoms with Crippen molar-refractivity contribution >= 4 is 32.9 Å². The first-order chi connectivity index (χ1) is 17.3. The van der Waals surface area contributed by atoms with Crippen LogP contribution in [0.5, 0.6) is 5.88 Å². The maximum atomic E-state index is 12.5. The lowest BCUT2D eigenvalue weighted by atomic mass is 10.1. The highest BCUT2D eigenvalue weighted by molar-refractivity contribution is 9.10. The summed E-state index contributed by atoms with van der Waals surface area (Å²) in [5.41, 5.74) is 1.82. The first-order valence-electron chi connectivity index (χ1n) is 12.5. The van der Waals surface area contributed by atoms with E-state index < -0.39 is 5.60 Å². The zero-order valence-electron chi connectivity index (χ0n) is 20.9. The number of halogens is 1. The summed E-state index contributed by atoms with van der Waals surface area (Å²) in [6.45, 7) is 7.45. The second-order valence-electron chi connectivity index (χ2n) is 10.3. The van der Waals surface area contributed by atoms with Crippen molar-refractivity contribution in [3.05, 3.63) is 35.1 Å². The van der Waals surface area contributed by atoms with E-state index in [0.717, 1.165) is 59.8 Å². The molecule has 0 spiro atoms. The van der Waals surface area contributed by atoms with Gasteiger partial charge in [0.25, 0.3) is 0 Å². The Morgan fingerprint density at radius 1 is 1.17 bits per heavy atom. The average Bonchev–Trinajstić information content (AvgIpc) is 3.22. The van der Waals surface area contributed by atoms with E-state index in [0.29, 0.717) is 24.7 Å². The Labute approximate surface area is 219 Å². The number of likely N-dealkylation sites (tertiary alicyclic amines) is 1. The lowest BCUT2D eigenvalue weighted by Gasteiger charge is -2.33. The molecule has 2 saturated heterocycles. The van der Waals surface area contributed by atoms with Gasteiger partial charge in [0.05, 0.1) is 24.5 Å². The number of nitrogens with zero attached hydrogens (tertiary/aromatic N) is 5. The van der Waals surface area contributed by atoms with Gasteiger partial charge in [-0.3, -0.25) is 4.98 Å². The zero-order valence-corrected chi connectivity index (χ0v) is 22.5. The van der Waals surface area contributed by atoms with E-state index in [2.05, 4.69) is 27.0 Å². The van der Waals surface area contributed by atoms with Crippen LogP contribution in [-0.4, -0.2) is 62.1 Å². The average molecular weight is 558 g/mol. The van der Waals surface area contributed by atoms with Crippen LogP contribution in [0.15, 0.2) is 35.1 Å². The summed E-state index contributed by atoms with van der Waals surface area (Å²) < 4.78 is 20.7. The molecule has 5 rings (SSSR count). The number of fused-ring (bicyclic) bond motifs is 1. The van der Waals surface area contributed by atoms with Gasteiger partial charge in [0.2, 0.25) is 5.88 Å². The third-order valence-corrected chi connectivity index (χ3v) is 6.76. The van der Waals surface area contributed by atoms with Crippen LogP contribution in [0, 0.1) is 0 Å². The Kier molecular flexibility index (Phi) is 7.16. The summed E-state index contributed by atoms with van der Waals surface area (Å²) in [5.74, 6) is 0.412. The topological polar surface area (TPSA) is 91.6 Å². The molecular formula is C26H32BrN5O4. The molecule has 0 N–H and O–H groups in total. The summed E-state index contributed by atoms with van der Waals surface area (Å²) in [7, 11) is 0. The van der Waals surface area contributed by atoms with Crippen molar-refractivity contribution in [2.75, 3.05) is 19.7 Å². The van der Waals surface area contributed by atoms with Crippen LogP contribution in [0.2, 0.25) is 0 Å². The normalized spacial score (nSPS) is 20.9. The summed E-state index contributed by atoms with van der Waals surface area (Å²) in [4.78, 5) is 23.4. The van der Waals surface area contributed by atoms with Gasteiger partial charge in [0.15, 0.2) is 6.23 Å². The number of hydrogen-bond acceptors (Lipinski definition) is 7. The molecule has 3 aromatic rings. The van der Waals surface area contributed by atoms with E-state index in [1.54, 1.807) is 17.3 Å². The number of benzene rings is 1. The molecule has 1 aromatic carbocycles. The van der Waals surface area contributed by atoms with Gasteiger partial charge < -0.3 is 19.1 Å². The monoisotopic (exact) mass is 557 g/mol. The number of carbonyl (C=O) groups excluding carboxylic acids is 1. The molecule has 9 nitrogen and oxygen atoms in total. The molecule has 0 radical (unpaired) electrons. The van der Waals surface area contributed by atoms with Crippen molar-refractivity contribution in [1.82, 2.24) is 24.6 Å². The second kappa shape index (κ2) is 10.3. The molecular weight excluding hydrogens is 526 g/mol. The zero-order chi connectivity index (χ0) is 25.3. The molecule has 2 unspecified atom stereocenters. The molecule has 1 amide bonds. The van der Waals surface area contributed by atoms with Crippen LogP contribution < -0.4 is 4.74 Å². The molecule has 192 valence electrons. The van der Waals surface area contributed by atoms with Crippen molar-refractivity contribution in [3.8, 4) is 17.3 Å². The first kappa shape index (κ1) is 25.0. The Hall–Kier alpha value is -2.72. The van der Waals surface area contributed by atoms with Gasteiger partial charge in [-0.25, -0.2) is 14.5 Å². The Bertz CT molecular complexity index is 1230. The number of amides is 1. The molecule has 2 aliphatic heterocycles. The van der Waals surface area contributed by atoms with E-state index in [-0.39, 0.29) is 18.4 Å². The molecule has 2 atom stereocenters. The van der Waals surface area contributed by atoms with E-state index in [1.165, 1.54) is 0 Å². The van der Waals surface area contributed by atoms with Gasteiger partial charge in [0, 0.05) is 23.0 Å². The highest BCUT2D eigenvalue weighted by Gasteiger charge is 2.29. The fraction of sp³-hybridized carbons (Fsp3) is 0.538. The molecule has 0 bridgehead atoms. The first-order valence-corrected chi connectivity index (χ1v) is 13.3. The van der Waals surface area contributed by atoms with E-state index >= 15 is 0 Å². The van der Waals surface area contributed by atoms with E-state index in [9.17, 15) is 4.79 Å². The van der Waals surface area contributed by atoms with Crippen LogP contribution in [0.1, 0.15) is 59.1 Å². The quantitative estimate of drug-likeness (QED) is 0.404. The fourth-order valence-electron chi connectivity index (χ4n) is 4.65. The summed E-state index contributed by atoms with van der Waals surface area (Å²) in [5, 5.41) is 5.90. The number of ether oxygens (including phenoxy) is 3. The second-order valence-corrected chi connectivity index (χ2v) is 11.2. The highest BCUT2D eigenvalue weighted by Crippen LogP contribution is 2.34. The van der Waals surface area contributed by atoms with Crippen LogP contribution in [-0.2, 0) is 9.47 Å². The number of piperidine rings is 1. The maximum Gasteiger partial charge on any atom is 0.410 e. The minimum absolute atomic E-state index is 0.0929. The van der Waals surface area contributed by atoms with Crippen molar-refractivity contribution < 1.29 is 19.0 Å². The molecule has 36 heavy (non-hydrogen) atoms. The van der Waals surface area contributed by atoms with Gasteiger partial charge >= 0.3 is 6.09 Å².